The molecule has 1 N–H and O–H groups in total. The lowest BCUT2D eigenvalue weighted by atomic mass is 11.6. The van der Waals surface area contributed by atoms with Gasteiger partial charge in [-0.3, -0.25) is 0 Å². The minimum Gasteiger partial charge on any atom is -0.345 e. The van der Waals surface area contributed by atoms with Gasteiger partial charge in [0, 0.05) is 0 Å². The van der Waals surface area contributed by atoms with Crippen LogP contribution in [0.2, 0.25) is 6.55 Å². The van der Waals surface area contributed by atoms with Crippen LogP contribution in [-0.2, 0) is 0 Å². The summed E-state index contributed by atoms with van der Waals surface area (Å²) in [6.45, 7) is 2.21. The first-order chi connectivity index (χ1) is 1.91. The quantitative estimate of drug-likeness (QED) is 0.408. The SMILES string of the molecule is CN[SiH2]C. The molecule has 0 amide bonds. The van der Waals surface area contributed by atoms with Crippen molar-refractivity contribution in [3.63, 3.8) is 0 Å². The Morgan fingerprint density at radius 2 is 2.00 bits per heavy atom. The van der Waals surface area contributed by atoms with E-state index in [2.05, 4.69) is 11.5 Å². The molecule has 0 aromatic heterocycles. The minimum absolute atomic E-state index is 0.174. The Kier molecular flexibility index (Phi) is 3.32. The Hall–Kier alpha value is 0.177. The molecule has 0 aliphatic heterocycles. The van der Waals surface area contributed by atoms with Crippen molar-refractivity contribution in [1.29, 1.82) is 0 Å². The molecule has 0 radical (unpaired) electrons. The van der Waals surface area contributed by atoms with E-state index in [9.17, 15) is 0 Å². The average Bonchev–Trinajstić information content (AvgIpc) is 1.37. The fraction of sp³-hybridized carbons (Fsp3) is 1.00. The highest BCUT2D eigenvalue weighted by Crippen LogP contribution is 1.30. The molecule has 0 heterocycles. The first-order valence-electron chi connectivity index (χ1n) is 1.56. The average molecular weight is 75.2 g/mol. The molecule has 2 heteroatoms. The molecule has 0 bridgehead atoms. The molecule has 0 fully saturated rings. The van der Waals surface area contributed by atoms with Crippen molar-refractivity contribution in [2.75, 3.05) is 7.05 Å². The molecule has 0 saturated carbocycles. The predicted molar refractivity (Wildman–Crippen MR) is 23.5 cm³/mol. The Morgan fingerprint density at radius 3 is 2.00 bits per heavy atom. The molecule has 0 rings (SSSR count). The molecule has 1 nitrogen and oxygen atoms in total. The molecule has 0 aliphatic rings. The lowest BCUT2D eigenvalue weighted by molar-refractivity contribution is 1.25. The third kappa shape index (κ3) is 2.18. The number of nitrogens with one attached hydrogen (secondary N) is 1. The van der Waals surface area contributed by atoms with Gasteiger partial charge in [0.2, 0.25) is 0 Å². The summed E-state index contributed by atoms with van der Waals surface area (Å²) in [5, 5.41) is 0. The molecular weight excluding hydrogens is 66.1 g/mol. The van der Waals surface area contributed by atoms with E-state index in [0.29, 0.717) is 0 Å². The maximum atomic E-state index is 3.07. The van der Waals surface area contributed by atoms with Gasteiger partial charge >= 0.3 is 0 Å². The van der Waals surface area contributed by atoms with Gasteiger partial charge in [0.1, 0.15) is 0 Å². The van der Waals surface area contributed by atoms with Crippen LogP contribution in [0.1, 0.15) is 0 Å². The molecule has 0 aliphatic carbocycles. The molecule has 0 aromatic carbocycles. The van der Waals surface area contributed by atoms with E-state index in [1.807, 2.05) is 7.05 Å². The van der Waals surface area contributed by atoms with Crippen LogP contribution in [0.3, 0.4) is 0 Å². The van der Waals surface area contributed by atoms with Gasteiger partial charge in [-0.15, -0.1) is 0 Å². The van der Waals surface area contributed by atoms with E-state index < -0.39 is 0 Å². The van der Waals surface area contributed by atoms with Gasteiger partial charge in [-0.25, -0.2) is 0 Å². The Morgan fingerprint density at radius 1 is 1.75 bits per heavy atom. The zero-order valence-electron chi connectivity index (χ0n) is 3.21. The van der Waals surface area contributed by atoms with Gasteiger partial charge in [0.15, 0.2) is 0 Å². The summed E-state index contributed by atoms with van der Waals surface area (Å²) in [5.74, 6) is 0. The topological polar surface area (TPSA) is 12.0 Å². The molecule has 0 atom stereocenters. The Balaban J connectivity index is 1.97. The lowest BCUT2D eigenvalue weighted by Crippen LogP contribution is -2.06. The number of hydrogen-bond donors (Lipinski definition) is 1. The van der Waals surface area contributed by atoms with Gasteiger partial charge in [0.25, 0.3) is 0 Å². The van der Waals surface area contributed by atoms with E-state index in [0.717, 1.165) is 0 Å². The van der Waals surface area contributed by atoms with E-state index in [1.165, 1.54) is 0 Å². The van der Waals surface area contributed by atoms with Crippen molar-refractivity contribution in [3.05, 3.63) is 0 Å². The van der Waals surface area contributed by atoms with Crippen LogP contribution in [0.15, 0.2) is 0 Å². The van der Waals surface area contributed by atoms with Gasteiger partial charge in [-0.05, 0) is 7.05 Å². The molecule has 0 saturated heterocycles. The second-order valence-corrected chi connectivity index (χ2v) is 2.12. The summed E-state index contributed by atoms with van der Waals surface area (Å²) in [7, 11) is 2.17. The van der Waals surface area contributed by atoms with Crippen LogP contribution in [0, 0.1) is 0 Å². The predicted octanol–water partition coefficient (Wildman–Crippen LogP) is -0.662. The van der Waals surface area contributed by atoms with Crippen molar-refractivity contribution < 1.29 is 0 Å². The molecule has 4 heavy (non-hydrogen) atoms. The monoisotopic (exact) mass is 75.1 g/mol. The summed E-state index contributed by atoms with van der Waals surface area (Å²) in [5.41, 5.74) is 0. The van der Waals surface area contributed by atoms with Crippen LogP contribution < -0.4 is 4.98 Å². The molecule has 0 aromatic rings. The maximum absolute atomic E-state index is 3.07. The summed E-state index contributed by atoms with van der Waals surface area (Å²) in [6.07, 6.45) is 0. The van der Waals surface area contributed by atoms with Crippen molar-refractivity contribution in [3.8, 4) is 0 Å². The smallest absolute Gasteiger partial charge is 0.0882 e. The molecule has 26 valence electrons. The highest BCUT2D eigenvalue weighted by Gasteiger charge is 1.53. The van der Waals surface area contributed by atoms with Gasteiger partial charge in [-0.1, -0.05) is 6.55 Å². The fourth-order valence-electron chi connectivity index (χ4n) is 0. The molecular formula is C2H9NSi. The second kappa shape index (κ2) is 3.18. The number of hydrogen-bond acceptors (Lipinski definition) is 1. The standard InChI is InChI=1S/C2H9NSi/c1-3-4-2/h3H,4H2,1-2H3. The van der Waals surface area contributed by atoms with E-state index >= 15 is 0 Å². The third-order valence-electron chi connectivity index (χ3n) is 0.354. The zero-order chi connectivity index (χ0) is 3.41. The Labute approximate surface area is 29.3 Å². The second-order valence-electron chi connectivity index (χ2n) is 0.707. The summed E-state index contributed by atoms with van der Waals surface area (Å²) >= 11 is 0. The summed E-state index contributed by atoms with van der Waals surface area (Å²) < 4.78 is 0. The lowest BCUT2D eigenvalue weighted by Gasteiger charge is -1.74. The van der Waals surface area contributed by atoms with Gasteiger partial charge in [-0.2, -0.15) is 0 Å². The molecule has 0 spiro atoms. The van der Waals surface area contributed by atoms with E-state index in [1.54, 1.807) is 0 Å². The summed E-state index contributed by atoms with van der Waals surface area (Å²) in [6, 6.07) is 0. The zero-order valence-corrected chi connectivity index (χ0v) is 4.62. The van der Waals surface area contributed by atoms with Crippen LogP contribution in [0.5, 0.6) is 0 Å². The first-order valence-corrected chi connectivity index (χ1v) is 3.68. The van der Waals surface area contributed by atoms with Crippen LogP contribution in [0.25, 0.3) is 0 Å². The Bertz CT molecular complexity index is 8.00. The highest BCUT2D eigenvalue weighted by atomic mass is 28.2. The third-order valence-corrected chi connectivity index (χ3v) is 1.06. The van der Waals surface area contributed by atoms with Gasteiger partial charge in [0.05, 0.1) is 9.68 Å². The normalized spacial score (nSPS) is 10.5. The van der Waals surface area contributed by atoms with E-state index in [-0.39, 0.29) is 9.68 Å². The van der Waals surface area contributed by atoms with Crippen molar-refractivity contribution >= 4 is 9.68 Å². The fourth-order valence-corrected chi connectivity index (χ4v) is 0. The van der Waals surface area contributed by atoms with Crippen LogP contribution >= 0.6 is 0 Å². The van der Waals surface area contributed by atoms with E-state index in [4.69, 9.17) is 0 Å². The maximum Gasteiger partial charge on any atom is 0.0882 e. The molecule has 0 unspecified atom stereocenters. The largest absolute Gasteiger partial charge is 0.345 e. The van der Waals surface area contributed by atoms with Crippen LogP contribution in [-0.4, -0.2) is 16.7 Å². The van der Waals surface area contributed by atoms with Crippen molar-refractivity contribution in [1.82, 2.24) is 4.98 Å². The van der Waals surface area contributed by atoms with Crippen LogP contribution in [0.4, 0.5) is 0 Å². The first kappa shape index (κ1) is 4.18. The number of rotatable bonds is 1. The van der Waals surface area contributed by atoms with Crippen molar-refractivity contribution in [2.24, 2.45) is 0 Å². The van der Waals surface area contributed by atoms with Gasteiger partial charge < -0.3 is 4.98 Å². The summed E-state index contributed by atoms with van der Waals surface area (Å²) in [4.78, 5) is 3.07. The minimum atomic E-state index is 0.174. The van der Waals surface area contributed by atoms with Crippen molar-refractivity contribution in [2.45, 2.75) is 6.55 Å². The highest BCUT2D eigenvalue weighted by molar-refractivity contribution is 6.29.